The van der Waals surface area contributed by atoms with E-state index in [2.05, 4.69) is 11.4 Å². The van der Waals surface area contributed by atoms with Crippen molar-refractivity contribution in [2.75, 3.05) is 6.54 Å². The van der Waals surface area contributed by atoms with Crippen molar-refractivity contribution in [1.82, 2.24) is 5.32 Å². The quantitative estimate of drug-likeness (QED) is 0.793. The van der Waals surface area contributed by atoms with E-state index in [1.807, 2.05) is 32.9 Å². The average molecular weight is 231 g/mol. The van der Waals surface area contributed by atoms with Crippen molar-refractivity contribution >= 4 is 5.78 Å². The molecule has 0 radical (unpaired) electrons. The normalized spacial score (nSPS) is 24.6. The zero-order chi connectivity index (χ0) is 12.5. The summed E-state index contributed by atoms with van der Waals surface area (Å²) in [5.74, 6) is 0.249. The summed E-state index contributed by atoms with van der Waals surface area (Å²) in [5, 5.41) is 3.39. The van der Waals surface area contributed by atoms with E-state index >= 15 is 0 Å². The monoisotopic (exact) mass is 231 g/mol. The molecule has 2 heteroatoms. The lowest BCUT2D eigenvalue weighted by atomic mass is 9.82. The van der Waals surface area contributed by atoms with Crippen molar-refractivity contribution < 1.29 is 4.79 Å². The molecule has 0 saturated carbocycles. The van der Waals surface area contributed by atoms with Gasteiger partial charge in [0, 0.05) is 5.56 Å². The molecule has 1 unspecified atom stereocenters. The number of ketones is 1. The molecule has 0 amide bonds. The number of hydrogen-bond acceptors (Lipinski definition) is 2. The molecule has 92 valence electrons. The van der Waals surface area contributed by atoms with E-state index in [0.29, 0.717) is 0 Å². The maximum Gasteiger partial charge on any atom is 0.182 e. The molecule has 1 heterocycles. The van der Waals surface area contributed by atoms with Crippen molar-refractivity contribution in [2.45, 2.75) is 45.6 Å². The SMILES string of the molecule is Cc1ccc(C)c(C(=O)C2(C)CCCCN2)c1. The van der Waals surface area contributed by atoms with E-state index in [0.717, 1.165) is 36.1 Å². The third-order valence-corrected chi connectivity index (χ3v) is 3.76. The molecule has 1 atom stereocenters. The fourth-order valence-electron chi connectivity index (χ4n) is 2.53. The van der Waals surface area contributed by atoms with E-state index < -0.39 is 0 Å². The highest BCUT2D eigenvalue weighted by Crippen LogP contribution is 2.25. The first-order valence-corrected chi connectivity index (χ1v) is 6.40. The van der Waals surface area contributed by atoms with Crippen molar-refractivity contribution in [3.63, 3.8) is 0 Å². The van der Waals surface area contributed by atoms with Crippen LogP contribution >= 0.6 is 0 Å². The maximum atomic E-state index is 12.6. The molecule has 17 heavy (non-hydrogen) atoms. The Kier molecular flexibility index (Phi) is 3.34. The average Bonchev–Trinajstić information content (AvgIpc) is 2.32. The number of nitrogens with one attached hydrogen (secondary N) is 1. The van der Waals surface area contributed by atoms with E-state index in [1.54, 1.807) is 0 Å². The summed E-state index contributed by atoms with van der Waals surface area (Å²) < 4.78 is 0. The summed E-state index contributed by atoms with van der Waals surface area (Å²) in [6, 6.07) is 6.11. The minimum absolute atomic E-state index is 0.249. The predicted octanol–water partition coefficient (Wildman–Crippen LogP) is 3.02. The van der Waals surface area contributed by atoms with Crippen LogP contribution in [-0.4, -0.2) is 17.9 Å². The minimum Gasteiger partial charge on any atom is -0.305 e. The van der Waals surface area contributed by atoms with Gasteiger partial charge in [0.15, 0.2) is 5.78 Å². The lowest BCUT2D eigenvalue weighted by Gasteiger charge is -2.34. The molecule has 0 aliphatic carbocycles. The third kappa shape index (κ3) is 2.42. The van der Waals surface area contributed by atoms with Gasteiger partial charge in [-0.3, -0.25) is 4.79 Å². The lowest BCUT2D eigenvalue weighted by molar-refractivity contribution is 0.0834. The van der Waals surface area contributed by atoms with Crippen LogP contribution in [0.3, 0.4) is 0 Å². The molecular formula is C15H21NO. The van der Waals surface area contributed by atoms with Crippen molar-refractivity contribution in [2.24, 2.45) is 0 Å². The Balaban J connectivity index is 2.32. The van der Waals surface area contributed by atoms with E-state index in [-0.39, 0.29) is 11.3 Å². The molecule has 1 aliphatic rings. The first kappa shape index (κ1) is 12.3. The van der Waals surface area contributed by atoms with Gasteiger partial charge in [-0.15, -0.1) is 0 Å². The van der Waals surface area contributed by atoms with Crippen LogP contribution in [0.1, 0.15) is 47.7 Å². The molecule has 2 rings (SSSR count). The molecule has 0 bridgehead atoms. The number of carbonyl (C=O) groups is 1. The summed E-state index contributed by atoms with van der Waals surface area (Å²) >= 11 is 0. The topological polar surface area (TPSA) is 29.1 Å². The Labute approximate surface area is 103 Å². The van der Waals surface area contributed by atoms with Crippen LogP contribution < -0.4 is 5.32 Å². The Hall–Kier alpha value is -1.15. The van der Waals surface area contributed by atoms with Crippen LogP contribution in [0.15, 0.2) is 18.2 Å². The van der Waals surface area contributed by atoms with Crippen LogP contribution in [0, 0.1) is 13.8 Å². The molecule has 1 aromatic rings. The largest absolute Gasteiger partial charge is 0.305 e. The molecule has 1 N–H and O–H groups in total. The number of hydrogen-bond donors (Lipinski definition) is 1. The maximum absolute atomic E-state index is 12.6. The van der Waals surface area contributed by atoms with Gasteiger partial charge in [0.2, 0.25) is 0 Å². The fraction of sp³-hybridized carbons (Fsp3) is 0.533. The van der Waals surface area contributed by atoms with Crippen molar-refractivity contribution in [1.29, 1.82) is 0 Å². The molecule has 1 aliphatic heterocycles. The standard InChI is InChI=1S/C15H21NO/c1-11-6-7-12(2)13(10-11)14(17)15(3)8-4-5-9-16-15/h6-7,10,16H,4-5,8-9H2,1-3H3. The second-order valence-corrected chi connectivity index (χ2v) is 5.36. The molecule has 1 saturated heterocycles. The number of aryl methyl sites for hydroxylation is 2. The van der Waals surface area contributed by atoms with Gasteiger partial charge in [0.1, 0.15) is 0 Å². The third-order valence-electron chi connectivity index (χ3n) is 3.76. The van der Waals surface area contributed by atoms with Crippen LogP contribution in [0.5, 0.6) is 0 Å². The molecule has 2 nitrogen and oxygen atoms in total. The Morgan fingerprint density at radius 1 is 1.29 bits per heavy atom. The highest BCUT2D eigenvalue weighted by molar-refractivity contribution is 6.04. The summed E-state index contributed by atoms with van der Waals surface area (Å²) in [4.78, 5) is 12.6. The number of piperidine rings is 1. The van der Waals surface area contributed by atoms with Gasteiger partial charge in [0.25, 0.3) is 0 Å². The van der Waals surface area contributed by atoms with Gasteiger partial charge in [-0.05, 0) is 58.2 Å². The molecular weight excluding hydrogens is 210 g/mol. The van der Waals surface area contributed by atoms with Crippen LogP contribution in [0.4, 0.5) is 0 Å². The summed E-state index contributed by atoms with van der Waals surface area (Å²) in [6.07, 6.45) is 3.26. The fourth-order valence-corrected chi connectivity index (χ4v) is 2.53. The van der Waals surface area contributed by atoms with Gasteiger partial charge in [-0.25, -0.2) is 0 Å². The van der Waals surface area contributed by atoms with Gasteiger partial charge in [-0.2, -0.15) is 0 Å². The van der Waals surface area contributed by atoms with Gasteiger partial charge in [0.05, 0.1) is 5.54 Å². The number of Topliss-reactive ketones (excluding diaryl/α,β-unsaturated/α-hetero) is 1. The molecule has 0 spiro atoms. The summed E-state index contributed by atoms with van der Waals surface area (Å²) in [7, 11) is 0. The highest BCUT2D eigenvalue weighted by Gasteiger charge is 2.35. The zero-order valence-corrected chi connectivity index (χ0v) is 11.0. The second-order valence-electron chi connectivity index (χ2n) is 5.36. The van der Waals surface area contributed by atoms with Gasteiger partial charge < -0.3 is 5.32 Å². The Bertz CT molecular complexity index is 431. The summed E-state index contributed by atoms with van der Waals surface area (Å²) in [5.41, 5.74) is 2.74. The smallest absolute Gasteiger partial charge is 0.182 e. The van der Waals surface area contributed by atoms with Crippen molar-refractivity contribution in [3.05, 3.63) is 34.9 Å². The Morgan fingerprint density at radius 2 is 2.06 bits per heavy atom. The van der Waals surface area contributed by atoms with Crippen LogP contribution in [-0.2, 0) is 0 Å². The minimum atomic E-state index is -0.364. The Morgan fingerprint density at radius 3 is 2.71 bits per heavy atom. The first-order chi connectivity index (χ1) is 8.03. The number of benzene rings is 1. The number of carbonyl (C=O) groups excluding carboxylic acids is 1. The van der Waals surface area contributed by atoms with Crippen LogP contribution in [0.2, 0.25) is 0 Å². The van der Waals surface area contributed by atoms with E-state index in [4.69, 9.17) is 0 Å². The van der Waals surface area contributed by atoms with Gasteiger partial charge in [-0.1, -0.05) is 17.7 Å². The lowest BCUT2D eigenvalue weighted by Crippen LogP contribution is -2.52. The number of rotatable bonds is 2. The highest BCUT2D eigenvalue weighted by atomic mass is 16.1. The first-order valence-electron chi connectivity index (χ1n) is 6.40. The van der Waals surface area contributed by atoms with E-state index in [9.17, 15) is 4.79 Å². The van der Waals surface area contributed by atoms with Gasteiger partial charge >= 0.3 is 0 Å². The molecule has 1 fully saturated rings. The molecule has 1 aromatic carbocycles. The second kappa shape index (κ2) is 4.61. The molecule has 0 aromatic heterocycles. The van der Waals surface area contributed by atoms with Crippen LogP contribution in [0.25, 0.3) is 0 Å². The zero-order valence-electron chi connectivity index (χ0n) is 11.0. The predicted molar refractivity (Wildman–Crippen MR) is 70.5 cm³/mol. The summed E-state index contributed by atoms with van der Waals surface area (Å²) in [6.45, 7) is 7.04. The van der Waals surface area contributed by atoms with Crippen molar-refractivity contribution in [3.8, 4) is 0 Å². The van der Waals surface area contributed by atoms with E-state index in [1.165, 1.54) is 6.42 Å².